The fourth-order valence-electron chi connectivity index (χ4n) is 2.87. The molecule has 0 amide bonds. The number of hydrogen-bond donors (Lipinski definition) is 1. The lowest BCUT2D eigenvalue weighted by Crippen LogP contribution is -2.41. The summed E-state index contributed by atoms with van der Waals surface area (Å²) >= 11 is 0. The predicted molar refractivity (Wildman–Crippen MR) is 107 cm³/mol. The van der Waals surface area contributed by atoms with E-state index in [2.05, 4.69) is 27.3 Å². The number of hydrogen-bond acceptors (Lipinski definition) is 4. The van der Waals surface area contributed by atoms with E-state index in [0.29, 0.717) is 19.8 Å². The Bertz CT molecular complexity index is 750. The molecule has 1 heterocycles. The average Bonchev–Trinajstić information content (AvgIpc) is 2.72. The molecule has 144 valence electrons. The van der Waals surface area contributed by atoms with Crippen LogP contribution < -0.4 is 19.5 Å². The summed E-state index contributed by atoms with van der Waals surface area (Å²) in [4.78, 5) is 6.41. The van der Waals surface area contributed by atoms with Crippen LogP contribution in [0.5, 0.6) is 17.2 Å². The summed E-state index contributed by atoms with van der Waals surface area (Å²) in [5, 5.41) is 3.39. The number of rotatable bonds is 7. The Kier molecular flexibility index (Phi) is 6.79. The summed E-state index contributed by atoms with van der Waals surface area (Å²) < 4.78 is 16.9. The lowest BCUT2D eigenvalue weighted by Gasteiger charge is -2.22. The SMILES string of the molecule is CN=C(NCCc1ccc2c(c1)OCCO2)N(C)CCOc1ccccc1. The van der Waals surface area contributed by atoms with Gasteiger partial charge in [-0.05, 0) is 36.2 Å². The second-order valence-electron chi connectivity index (χ2n) is 6.29. The van der Waals surface area contributed by atoms with E-state index in [0.717, 1.165) is 42.7 Å². The number of nitrogens with zero attached hydrogens (tertiary/aromatic N) is 2. The van der Waals surface area contributed by atoms with Crippen LogP contribution in [-0.2, 0) is 6.42 Å². The van der Waals surface area contributed by atoms with Crippen molar-refractivity contribution in [1.29, 1.82) is 0 Å². The zero-order valence-corrected chi connectivity index (χ0v) is 16.0. The molecule has 0 spiro atoms. The van der Waals surface area contributed by atoms with E-state index in [1.165, 1.54) is 5.56 Å². The highest BCUT2D eigenvalue weighted by Gasteiger charge is 2.12. The van der Waals surface area contributed by atoms with E-state index in [1.807, 2.05) is 43.4 Å². The lowest BCUT2D eigenvalue weighted by molar-refractivity contribution is 0.171. The third-order valence-corrected chi connectivity index (χ3v) is 4.32. The summed E-state index contributed by atoms with van der Waals surface area (Å²) in [7, 11) is 3.80. The zero-order valence-electron chi connectivity index (χ0n) is 16.0. The molecule has 0 unspecified atom stereocenters. The van der Waals surface area contributed by atoms with Crippen molar-refractivity contribution in [2.24, 2.45) is 4.99 Å². The maximum Gasteiger partial charge on any atom is 0.193 e. The largest absolute Gasteiger partial charge is 0.492 e. The second-order valence-corrected chi connectivity index (χ2v) is 6.29. The highest BCUT2D eigenvalue weighted by molar-refractivity contribution is 5.79. The van der Waals surface area contributed by atoms with Gasteiger partial charge in [0.15, 0.2) is 17.5 Å². The molecule has 6 heteroatoms. The van der Waals surface area contributed by atoms with Gasteiger partial charge in [0.25, 0.3) is 0 Å². The van der Waals surface area contributed by atoms with Crippen molar-refractivity contribution in [3.63, 3.8) is 0 Å². The van der Waals surface area contributed by atoms with Gasteiger partial charge < -0.3 is 24.4 Å². The average molecular weight is 369 g/mol. The number of ether oxygens (including phenoxy) is 3. The van der Waals surface area contributed by atoms with Gasteiger partial charge in [-0.3, -0.25) is 4.99 Å². The molecule has 3 rings (SSSR count). The summed E-state index contributed by atoms with van der Waals surface area (Å²) in [5.74, 6) is 3.39. The molecule has 0 saturated carbocycles. The molecule has 0 saturated heterocycles. The topological polar surface area (TPSA) is 55.3 Å². The van der Waals surface area contributed by atoms with Crippen LogP contribution in [0.15, 0.2) is 53.5 Å². The quantitative estimate of drug-likeness (QED) is 0.601. The van der Waals surface area contributed by atoms with E-state index in [1.54, 1.807) is 7.05 Å². The van der Waals surface area contributed by atoms with Crippen molar-refractivity contribution in [1.82, 2.24) is 10.2 Å². The fraction of sp³-hybridized carbons (Fsp3) is 0.381. The minimum absolute atomic E-state index is 0.601. The molecule has 6 nitrogen and oxygen atoms in total. The number of para-hydroxylation sites is 1. The molecule has 0 aliphatic carbocycles. The summed E-state index contributed by atoms with van der Waals surface area (Å²) in [6.45, 7) is 3.36. The Hall–Kier alpha value is -2.89. The first-order chi connectivity index (χ1) is 13.3. The molecule has 0 fully saturated rings. The van der Waals surface area contributed by atoms with Crippen molar-refractivity contribution < 1.29 is 14.2 Å². The first kappa shape index (κ1) is 18.9. The van der Waals surface area contributed by atoms with Gasteiger partial charge in [-0.15, -0.1) is 0 Å². The van der Waals surface area contributed by atoms with Crippen LogP contribution in [0.1, 0.15) is 5.56 Å². The van der Waals surface area contributed by atoms with E-state index < -0.39 is 0 Å². The van der Waals surface area contributed by atoms with Gasteiger partial charge in [-0.1, -0.05) is 24.3 Å². The zero-order chi connectivity index (χ0) is 18.9. The fourth-order valence-corrected chi connectivity index (χ4v) is 2.87. The van der Waals surface area contributed by atoms with E-state index in [9.17, 15) is 0 Å². The number of nitrogens with one attached hydrogen (secondary N) is 1. The number of guanidine groups is 1. The third kappa shape index (κ3) is 5.54. The van der Waals surface area contributed by atoms with Crippen molar-refractivity contribution in [3.05, 3.63) is 54.1 Å². The molecule has 1 aliphatic rings. The molecule has 2 aromatic carbocycles. The minimum atomic E-state index is 0.601. The maximum absolute atomic E-state index is 5.75. The van der Waals surface area contributed by atoms with E-state index >= 15 is 0 Å². The number of benzene rings is 2. The van der Waals surface area contributed by atoms with Crippen LogP contribution >= 0.6 is 0 Å². The number of fused-ring (bicyclic) bond motifs is 1. The molecule has 1 N–H and O–H groups in total. The Morgan fingerprint density at radius 2 is 1.89 bits per heavy atom. The van der Waals surface area contributed by atoms with Gasteiger partial charge in [0.2, 0.25) is 0 Å². The highest BCUT2D eigenvalue weighted by Crippen LogP contribution is 2.30. The van der Waals surface area contributed by atoms with Crippen molar-refractivity contribution in [2.45, 2.75) is 6.42 Å². The first-order valence-electron chi connectivity index (χ1n) is 9.24. The van der Waals surface area contributed by atoms with Crippen molar-refractivity contribution >= 4 is 5.96 Å². The van der Waals surface area contributed by atoms with Crippen LogP contribution in [-0.4, -0.2) is 57.9 Å². The predicted octanol–water partition coefficient (Wildman–Crippen LogP) is 2.59. The highest BCUT2D eigenvalue weighted by atomic mass is 16.6. The molecule has 1 aliphatic heterocycles. The van der Waals surface area contributed by atoms with Crippen LogP contribution in [0.4, 0.5) is 0 Å². The van der Waals surface area contributed by atoms with Crippen molar-refractivity contribution in [3.8, 4) is 17.2 Å². The minimum Gasteiger partial charge on any atom is -0.492 e. The Morgan fingerprint density at radius 1 is 1.11 bits per heavy atom. The number of aliphatic imine (C=N–C) groups is 1. The Morgan fingerprint density at radius 3 is 2.67 bits per heavy atom. The smallest absolute Gasteiger partial charge is 0.193 e. The molecule has 0 aromatic heterocycles. The molecule has 2 aromatic rings. The van der Waals surface area contributed by atoms with Crippen LogP contribution in [0.3, 0.4) is 0 Å². The van der Waals surface area contributed by atoms with Gasteiger partial charge in [0.1, 0.15) is 25.6 Å². The van der Waals surface area contributed by atoms with Gasteiger partial charge in [0, 0.05) is 20.6 Å². The maximum atomic E-state index is 5.75. The summed E-state index contributed by atoms with van der Waals surface area (Å²) in [6.07, 6.45) is 0.879. The monoisotopic (exact) mass is 369 g/mol. The molecule has 0 bridgehead atoms. The van der Waals surface area contributed by atoms with Crippen LogP contribution in [0.2, 0.25) is 0 Å². The first-order valence-corrected chi connectivity index (χ1v) is 9.24. The van der Waals surface area contributed by atoms with Gasteiger partial charge in [-0.25, -0.2) is 0 Å². The third-order valence-electron chi connectivity index (χ3n) is 4.32. The normalized spacial score (nSPS) is 13.2. The van der Waals surface area contributed by atoms with Gasteiger partial charge >= 0.3 is 0 Å². The van der Waals surface area contributed by atoms with E-state index in [-0.39, 0.29) is 0 Å². The second kappa shape index (κ2) is 9.71. The molecule has 0 atom stereocenters. The molecular formula is C21H27N3O3. The number of likely N-dealkylation sites (N-methyl/N-ethyl adjacent to an activating group) is 1. The molecular weight excluding hydrogens is 342 g/mol. The Labute approximate surface area is 160 Å². The lowest BCUT2D eigenvalue weighted by atomic mass is 10.1. The van der Waals surface area contributed by atoms with Crippen LogP contribution in [0, 0.1) is 0 Å². The Balaban J connectivity index is 1.42. The molecule has 0 radical (unpaired) electrons. The molecule has 27 heavy (non-hydrogen) atoms. The summed E-state index contributed by atoms with van der Waals surface area (Å²) in [5.41, 5.74) is 1.21. The van der Waals surface area contributed by atoms with E-state index in [4.69, 9.17) is 14.2 Å². The van der Waals surface area contributed by atoms with Crippen LogP contribution in [0.25, 0.3) is 0 Å². The standard InChI is InChI=1S/C21H27N3O3/c1-22-21(24(2)12-13-25-18-6-4-3-5-7-18)23-11-10-17-8-9-19-20(16-17)27-15-14-26-19/h3-9,16H,10-15H2,1-2H3,(H,22,23). The summed E-state index contributed by atoms with van der Waals surface area (Å²) in [6, 6.07) is 15.9. The van der Waals surface area contributed by atoms with Gasteiger partial charge in [-0.2, -0.15) is 0 Å². The van der Waals surface area contributed by atoms with Crippen molar-refractivity contribution in [2.75, 3.05) is 47.0 Å². The van der Waals surface area contributed by atoms with Gasteiger partial charge in [0.05, 0.1) is 6.54 Å².